The number of allylic oxidation sites excluding steroid dienone is 4. The Morgan fingerprint density at radius 1 is 1.00 bits per heavy atom. The fourth-order valence-electron chi connectivity index (χ4n) is 0.321. The van der Waals surface area contributed by atoms with E-state index < -0.39 is 14.3 Å². The molecule has 1 radical (unpaired) electrons. The van der Waals surface area contributed by atoms with Crippen LogP contribution in [0, 0.1) is 6.42 Å². The summed E-state index contributed by atoms with van der Waals surface area (Å²) in [6.07, 6.45) is 10.0. The van der Waals surface area contributed by atoms with Gasteiger partial charge in [-0.1, -0.05) is 24.3 Å². The standard InChI is InChI=1S/C5H5.C4H12Ge.In.3H/c1-2-4-5-3-1;1-4-5(2)3;;;;/h1-5H;5H,4H2,1-3H3;;;;. The van der Waals surface area contributed by atoms with Gasteiger partial charge in [0.1, 0.15) is 0 Å². The van der Waals surface area contributed by atoms with E-state index in [0.29, 0.717) is 0 Å². The van der Waals surface area contributed by atoms with Gasteiger partial charge < -0.3 is 0 Å². The van der Waals surface area contributed by atoms with E-state index in [1.165, 1.54) is 5.25 Å². The van der Waals surface area contributed by atoms with Crippen LogP contribution in [0.1, 0.15) is 6.92 Å². The fourth-order valence-corrected chi connectivity index (χ4v) is 0.321. The van der Waals surface area contributed by atoms with E-state index >= 15 is 0 Å². The molecule has 0 saturated heterocycles. The Morgan fingerprint density at radius 3 is 1.45 bits per heavy atom. The van der Waals surface area contributed by atoms with E-state index in [-0.39, 0.29) is 25.8 Å². The van der Waals surface area contributed by atoms with Crippen molar-refractivity contribution in [2.45, 2.75) is 23.7 Å². The molecule has 0 spiro atoms. The maximum atomic E-state index is 2.41. The molecule has 0 unspecified atom stereocenters. The van der Waals surface area contributed by atoms with Crippen LogP contribution in [0.15, 0.2) is 24.3 Å². The van der Waals surface area contributed by atoms with Crippen LogP contribution in [0.4, 0.5) is 0 Å². The van der Waals surface area contributed by atoms with Crippen molar-refractivity contribution in [3.8, 4) is 0 Å². The van der Waals surface area contributed by atoms with Crippen molar-refractivity contribution in [3.05, 3.63) is 30.7 Å². The molecule has 0 saturated carbocycles. The predicted molar refractivity (Wildman–Crippen MR) is 61.9 cm³/mol. The summed E-state index contributed by atoms with van der Waals surface area (Å²) < 4.78 is 0. The second-order valence-corrected chi connectivity index (χ2v) is 10.3. The molecule has 0 aromatic heterocycles. The van der Waals surface area contributed by atoms with Crippen molar-refractivity contribution in [2.75, 3.05) is 0 Å². The molecule has 0 nitrogen and oxygen atoms in total. The summed E-state index contributed by atoms with van der Waals surface area (Å²) in [6, 6.07) is 0. The van der Waals surface area contributed by atoms with Gasteiger partial charge in [-0.2, -0.15) is 0 Å². The summed E-state index contributed by atoms with van der Waals surface area (Å²) >= 11 is -0.512. The van der Waals surface area contributed by atoms with Gasteiger partial charge in [0, 0.05) is 6.42 Å². The average Bonchev–Trinajstić information content (AvgIpc) is 2.43. The van der Waals surface area contributed by atoms with Gasteiger partial charge in [-0.3, -0.25) is 0 Å². The Hall–Kier alpha value is 0.893. The van der Waals surface area contributed by atoms with Crippen LogP contribution in [0.3, 0.4) is 0 Å². The number of hydrogen-bond acceptors (Lipinski definition) is 0. The minimum absolute atomic E-state index is 0. The Morgan fingerprint density at radius 2 is 1.36 bits per heavy atom. The fraction of sp³-hybridized carbons (Fsp3) is 0.444. The van der Waals surface area contributed by atoms with Crippen LogP contribution < -0.4 is 0 Å². The molecule has 2 heteroatoms. The molecule has 11 heavy (non-hydrogen) atoms. The molecule has 0 aromatic carbocycles. The second kappa shape index (κ2) is 10.9. The van der Waals surface area contributed by atoms with Gasteiger partial charge >= 0.3 is 63.9 Å². The number of hydrogen-bond donors (Lipinski definition) is 0. The van der Waals surface area contributed by atoms with Gasteiger partial charge in [0.05, 0.1) is 0 Å². The normalized spacial score (nSPS) is 12.4. The van der Waals surface area contributed by atoms with Crippen molar-refractivity contribution in [2.24, 2.45) is 0 Å². The van der Waals surface area contributed by atoms with E-state index in [2.05, 4.69) is 18.4 Å². The molecular formula is C9H20GeIn. The van der Waals surface area contributed by atoms with E-state index in [0.717, 1.165) is 0 Å². The molecule has 0 bridgehead atoms. The molecule has 0 fully saturated rings. The molecule has 1 rings (SSSR count). The minimum atomic E-state index is -0.512. The van der Waals surface area contributed by atoms with Gasteiger partial charge in [-0.25, -0.2) is 0 Å². The van der Waals surface area contributed by atoms with Crippen molar-refractivity contribution in [3.63, 3.8) is 0 Å². The van der Waals surface area contributed by atoms with E-state index in [1.807, 2.05) is 30.7 Å². The molecular weight excluding hydrogens is 296 g/mol. The van der Waals surface area contributed by atoms with Gasteiger partial charge in [0.2, 0.25) is 0 Å². The van der Waals surface area contributed by atoms with Crippen molar-refractivity contribution in [1.29, 1.82) is 0 Å². The zero-order chi connectivity index (χ0) is 7.82. The molecule has 63 valence electrons. The van der Waals surface area contributed by atoms with Crippen LogP contribution in [-0.4, -0.2) is 40.2 Å². The van der Waals surface area contributed by atoms with Crippen molar-refractivity contribution < 1.29 is 0 Å². The van der Waals surface area contributed by atoms with Crippen LogP contribution >= 0.6 is 0 Å². The van der Waals surface area contributed by atoms with E-state index in [4.69, 9.17) is 0 Å². The first-order chi connectivity index (χ1) is 4.77. The molecule has 0 aliphatic heterocycles. The van der Waals surface area contributed by atoms with Gasteiger partial charge in [-0.05, 0) is 0 Å². The van der Waals surface area contributed by atoms with E-state index in [1.54, 1.807) is 0 Å². The summed E-state index contributed by atoms with van der Waals surface area (Å²) in [5.74, 6) is 4.82. The van der Waals surface area contributed by atoms with Crippen molar-refractivity contribution >= 4 is 40.2 Å². The third-order valence-corrected chi connectivity index (χ3v) is 4.80. The quantitative estimate of drug-likeness (QED) is 0.645. The van der Waals surface area contributed by atoms with Gasteiger partial charge in [0.15, 0.2) is 0 Å². The topological polar surface area (TPSA) is 0 Å². The second-order valence-electron chi connectivity index (χ2n) is 2.76. The zero-order valence-corrected chi connectivity index (χ0v) is 9.59. The Bertz CT molecular complexity index is 107. The molecule has 1 aliphatic carbocycles. The Labute approximate surface area is 94.0 Å². The maximum absolute atomic E-state index is 2.41. The Balaban J connectivity index is 0. The summed E-state index contributed by atoms with van der Waals surface area (Å²) in [4.78, 5) is 0. The van der Waals surface area contributed by atoms with Crippen LogP contribution in [0.25, 0.3) is 0 Å². The SMILES string of the molecule is C[CH2][GeH]([CH3])[CH3].[CH]1C=CC=C1.[InH3]. The molecule has 0 amide bonds. The summed E-state index contributed by atoms with van der Waals surface area (Å²) in [5.41, 5.74) is 0. The molecule has 0 N–H and O–H groups in total. The average molecular weight is 316 g/mol. The van der Waals surface area contributed by atoms with Crippen LogP contribution in [0.2, 0.25) is 16.8 Å². The first-order valence-corrected chi connectivity index (χ1v) is 10.5. The van der Waals surface area contributed by atoms with Gasteiger partial charge in [-0.15, -0.1) is 0 Å². The Kier molecular flexibility index (Phi) is 14.3. The summed E-state index contributed by atoms with van der Waals surface area (Å²) in [6.45, 7) is 2.28. The summed E-state index contributed by atoms with van der Waals surface area (Å²) in [7, 11) is 0. The van der Waals surface area contributed by atoms with Crippen LogP contribution in [-0.2, 0) is 0 Å². The van der Waals surface area contributed by atoms with Crippen LogP contribution in [0.5, 0.6) is 0 Å². The molecule has 1 aliphatic rings. The zero-order valence-electron chi connectivity index (χ0n) is 7.17. The number of rotatable bonds is 1. The third-order valence-electron chi connectivity index (χ3n) is 1.37. The summed E-state index contributed by atoms with van der Waals surface area (Å²) in [5, 5.41) is 1.49. The van der Waals surface area contributed by atoms with Crippen molar-refractivity contribution in [1.82, 2.24) is 0 Å². The molecule has 0 atom stereocenters. The third kappa shape index (κ3) is 13.8. The van der Waals surface area contributed by atoms with E-state index in [9.17, 15) is 0 Å². The first kappa shape index (κ1) is 14.4. The molecule has 0 heterocycles. The first-order valence-electron chi connectivity index (χ1n) is 3.94. The predicted octanol–water partition coefficient (Wildman–Crippen LogP) is 1.63. The molecule has 0 aromatic rings. The monoisotopic (exact) mass is 317 g/mol. The van der Waals surface area contributed by atoms with Gasteiger partial charge in [0.25, 0.3) is 0 Å².